The van der Waals surface area contributed by atoms with Gasteiger partial charge in [-0.1, -0.05) is 31.5 Å². The van der Waals surface area contributed by atoms with Crippen molar-refractivity contribution in [2.45, 2.75) is 25.7 Å². The van der Waals surface area contributed by atoms with Gasteiger partial charge in [0.2, 0.25) is 0 Å². The zero-order valence-corrected chi connectivity index (χ0v) is 12.9. The first-order chi connectivity index (χ1) is 9.76. The topological polar surface area (TPSA) is 36.4 Å². The molecule has 0 unspecified atom stereocenters. The van der Waals surface area contributed by atoms with E-state index in [1.807, 2.05) is 13.8 Å². The summed E-state index contributed by atoms with van der Waals surface area (Å²) in [7, 11) is 1.50. The second-order valence-electron chi connectivity index (χ2n) is 5.21. The van der Waals surface area contributed by atoms with Gasteiger partial charge >= 0.3 is 0 Å². The highest BCUT2D eigenvalue weighted by molar-refractivity contribution is 6.31. The highest BCUT2D eigenvalue weighted by atomic mass is 35.5. The molecule has 3 nitrogen and oxygen atoms in total. The Bertz CT molecular complexity index is 504. The Kier molecular flexibility index (Phi) is 6.33. The van der Waals surface area contributed by atoms with Crippen LogP contribution in [-0.2, 0) is 5.41 Å². The third kappa shape index (κ3) is 5.46. The van der Waals surface area contributed by atoms with Gasteiger partial charge in [0.05, 0.1) is 6.54 Å². The van der Waals surface area contributed by atoms with Crippen LogP contribution in [0.3, 0.4) is 0 Å². The zero-order valence-electron chi connectivity index (χ0n) is 12.2. The molecule has 21 heavy (non-hydrogen) atoms. The highest BCUT2D eigenvalue weighted by Crippen LogP contribution is 2.29. The van der Waals surface area contributed by atoms with Crippen molar-refractivity contribution in [1.29, 1.82) is 0 Å². The van der Waals surface area contributed by atoms with E-state index in [9.17, 15) is 13.2 Å². The van der Waals surface area contributed by atoms with Gasteiger partial charge in [0.25, 0.3) is 6.43 Å². The second-order valence-corrected chi connectivity index (χ2v) is 5.61. The van der Waals surface area contributed by atoms with E-state index >= 15 is 0 Å². The fraction of sp³-hybridized carbons (Fsp3) is 0.500. The SMILES string of the molecule is CN=C(NCC(F)F)NCC(C)(C)c1ccc(F)cc1Cl. The van der Waals surface area contributed by atoms with E-state index in [4.69, 9.17) is 11.6 Å². The molecule has 1 rings (SSSR count). The number of benzene rings is 1. The van der Waals surface area contributed by atoms with Crippen molar-refractivity contribution >= 4 is 17.6 Å². The molecule has 0 heterocycles. The fourth-order valence-corrected chi connectivity index (χ4v) is 2.26. The maximum Gasteiger partial charge on any atom is 0.255 e. The average Bonchev–Trinajstić information content (AvgIpc) is 2.38. The van der Waals surface area contributed by atoms with Crippen LogP contribution < -0.4 is 10.6 Å². The molecule has 0 saturated carbocycles. The van der Waals surface area contributed by atoms with E-state index in [2.05, 4.69) is 15.6 Å². The lowest BCUT2D eigenvalue weighted by molar-refractivity contribution is 0.152. The third-order valence-corrected chi connectivity index (χ3v) is 3.32. The molecule has 0 atom stereocenters. The smallest absolute Gasteiger partial charge is 0.255 e. The van der Waals surface area contributed by atoms with Crippen LogP contribution in [0.25, 0.3) is 0 Å². The van der Waals surface area contributed by atoms with E-state index in [0.717, 1.165) is 5.56 Å². The van der Waals surface area contributed by atoms with Gasteiger partial charge in [0, 0.05) is 24.0 Å². The Morgan fingerprint density at radius 3 is 2.52 bits per heavy atom. The van der Waals surface area contributed by atoms with Crippen molar-refractivity contribution in [3.63, 3.8) is 0 Å². The van der Waals surface area contributed by atoms with Gasteiger partial charge < -0.3 is 10.6 Å². The molecule has 1 aromatic rings. The molecule has 7 heteroatoms. The predicted octanol–water partition coefficient (Wildman–Crippen LogP) is 3.19. The molecule has 0 spiro atoms. The Labute approximate surface area is 127 Å². The lowest BCUT2D eigenvalue weighted by atomic mass is 9.84. The van der Waals surface area contributed by atoms with E-state index in [1.54, 1.807) is 6.07 Å². The largest absolute Gasteiger partial charge is 0.356 e. The molecule has 0 radical (unpaired) electrons. The summed E-state index contributed by atoms with van der Waals surface area (Å²) in [4.78, 5) is 3.86. The van der Waals surface area contributed by atoms with Crippen molar-refractivity contribution in [3.05, 3.63) is 34.6 Å². The van der Waals surface area contributed by atoms with Crippen LogP contribution in [0.15, 0.2) is 23.2 Å². The molecule has 0 aliphatic carbocycles. The molecular formula is C14H19ClF3N3. The first-order valence-electron chi connectivity index (χ1n) is 6.44. The molecular weight excluding hydrogens is 303 g/mol. The minimum atomic E-state index is -2.46. The molecule has 2 N–H and O–H groups in total. The maximum absolute atomic E-state index is 13.1. The fourth-order valence-electron chi connectivity index (χ4n) is 1.83. The maximum atomic E-state index is 13.1. The molecule has 0 aliphatic rings. The van der Waals surface area contributed by atoms with Gasteiger partial charge in [-0.3, -0.25) is 4.99 Å². The summed E-state index contributed by atoms with van der Waals surface area (Å²) < 4.78 is 37.4. The Balaban J connectivity index is 2.71. The van der Waals surface area contributed by atoms with Crippen LogP contribution >= 0.6 is 11.6 Å². The molecule has 0 saturated heterocycles. The molecule has 1 aromatic carbocycles. The van der Waals surface area contributed by atoms with Crippen LogP contribution in [0.4, 0.5) is 13.2 Å². The first kappa shape index (κ1) is 17.6. The van der Waals surface area contributed by atoms with Crippen LogP contribution in [-0.4, -0.2) is 32.5 Å². The van der Waals surface area contributed by atoms with Crippen molar-refractivity contribution in [2.75, 3.05) is 20.1 Å². The second kappa shape index (κ2) is 7.54. The summed E-state index contributed by atoms with van der Waals surface area (Å²) in [6.45, 7) is 3.76. The van der Waals surface area contributed by atoms with Gasteiger partial charge in [-0.25, -0.2) is 13.2 Å². The van der Waals surface area contributed by atoms with Gasteiger partial charge in [-0.2, -0.15) is 0 Å². The molecule has 118 valence electrons. The molecule has 0 bridgehead atoms. The summed E-state index contributed by atoms with van der Waals surface area (Å²) in [6, 6.07) is 4.21. The number of rotatable bonds is 5. The lowest BCUT2D eigenvalue weighted by Crippen LogP contribution is -2.44. The van der Waals surface area contributed by atoms with Crippen molar-refractivity contribution in [3.8, 4) is 0 Å². The highest BCUT2D eigenvalue weighted by Gasteiger charge is 2.24. The average molecular weight is 322 g/mol. The van der Waals surface area contributed by atoms with Gasteiger partial charge in [-0.05, 0) is 17.7 Å². The van der Waals surface area contributed by atoms with Gasteiger partial charge in [0.15, 0.2) is 5.96 Å². The summed E-state index contributed by atoms with van der Waals surface area (Å²) in [5.41, 5.74) is 0.343. The standard InChI is InChI=1S/C14H19ClF3N3/c1-14(2,10-5-4-9(16)6-11(10)15)8-21-13(19-3)20-7-12(17)18/h4-6,12H,7-8H2,1-3H3,(H2,19,20,21). The van der Waals surface area contributed by atoms with Gasteiger partial charge in [-0.15, -0.1) is 0 Å². The van der Waals surface area contributed by atoms with E-state index < -0.39 is 24.2 Å². The zero-order chi connectivity index (χ0) is 16.0. The van der Waals surface area contributed by atoms with Gasteiger partial charge in [0.1, 0.15) is 5.82 Å². The Morgan fingerprint density at radius 2 is 2.00 bits per heavy atom. The molecule has 0 aliphatic heterocycles. The molecule has 0 aromatic heterocycles. The lowest BCUT2D eigenvalue weighted by Gasteiger charge is -2.27. The summed E-state index contributed by atoms with van der Waals surface area (Å²) >= 11 is 6.05. The van der Waals surface area contributed by atoms with Crippen molar-refractivity contribution in [1.82, 2.24) is 10.6 Å². The number of alkyl halides is 2. The Morgan fingerprint density at radius 1 is 1.33 bits per heavy atom. The quantitative estimate of drug-likeness (QED) is 0.645. The number of aliphatic imine (C=N–C) groups is 1. The number of hydrogen-bond donors (Lipinski definition) is 2. The summed E-state index contributed by atoms with van der Waals surface area (Å²) in [5.74, 6) is -0.122. The van der Waals surface area contributed by atoms with Crippen LogP contribution in [0.1, 0.15) is 19.4 Å². The van der Waals surface area contributed by atoms with Crippen molar-refractivity contribution < 1.29 is 13.2 Å². The molecule has 0 fully saturated rings. The number of hydrogen-bond acceptors (Lipinski definition) is 1. The van der Waals surface area contributed by atoms with E-state index in [1.165, 1.54) is 19.2 Å². The van der Waals surface area contributed by atoms with Crippen LogP contribution in [0.5, 0.6) is 0 Å². The number of halogens is 4. The molecule has 0 amide bonds. The number of nitrogens with zero attached hydrogens (tertiary/aromatic N) is 1. The normalized spacial score (nSPS) is 12.7. The minimum Gasteiger partial charge on any atom is -0.356 e. The minimum absolute atomic E-state index is 0.279. The van der Waals surface area contributed by atoms with E-state index in [0.29, 0.717) is 11.6 Å². The monoisotopic (exact) mass is 321 g/mol. The summed E-state index contributed by atoms with van der Waals surface area (Å²) in [6.07, 6.45) is -2.46. The third-order valence-electron chi connectivity index (χ3n) is 3.01. The van der Waals surface area contributed by atoms with E-state index in [-0.39, 0.29) is 5.96 Å². The number of guanidine groups is 1. The predicted molar refractivity (Wildman–Crippen MR) is 79.8 cm³/mol. The van der Waals surface area contributed by atoms with Crippen molar-refractivity contribution in [2.24, 2.45) is 4.99 Å². The van der Waals surface area contributed by atoms with Crippen LogP contribution in [0, 0.1) is 5.82 Å². The first-order valence-corrected chi connectivity index (χ1v) is 6.82. The Hall–Kier alpha value is -1.43. The summed E-state index contributed by atoms with van der Waals surface area (Å²) in [5, 5.41) is 5.80. The van der Waals surface area contributed by atoms with Crippen LogP contribution in [0.2, 0.25) is 5.02 Å². The number of nitrogens with one attached hydrogen (secondary N) is 2.